The molecule has 1 amide bonds. The van der Waals surface area contributed by atoms with E-state index in [9.17, 15) is 18.0 Å². The minimum atomic E-state index is -4.07. The number of hydrogen-bond acceptors (Lipinski definition) is 6. The van der Waals surface area contributed by atoms with E-state index in [0.717, 1.165) is 22.1 Å². The van der Waals surface area contributed by atoms with Gasteiger partial charge in [0.15, 0.2) is 0 Å². The van der Waals surface area contributed by atoms with Crippen LogP contribution < -0.4 is 0 Å². The number of amides is 1. The van der Waals surface area contributed by atoms with Crippen LogP contribution in [0.2, 0.25) is 0 Å². The SMILES string of the molecule is COC(=O)C[C@H]1c2c(c3ccccc3n2S(=O)(=O)c2ccc(C)cc2)CCN1C(=O)OCc1ccccc1. The molecule has 2 heterocycles. The van der Waals surface area contributed by atoms with Gasteiger partial charge in [-0.15, -0.1) is 0 Å². The third-order valence-corrected chi connectivity index (χ3v) is 8.60. The molecule has 4 aromatic rings. The molecule has 1 atom stereocenters. The van der Waals surface area contributed by atoms with Crippen LogP contribution in [0.5, 0.6) is 0 Å². The van der Waals surface area contributed by atoms with Crippen LogP contribution in [0, 0.1) is 6.92 Å². The first kappa shape index (κ1) is 25.5. The molecule has 0 saturated carbocycles. The maximum absolute atomic E-state index is 14.1. The second-order valence-corrected chi connectivity index (χ2v) is 11.0. The van der Waals surface area contributed by atoms with Gasteiger partial charge in [0.25, 0.3) is 10.0 Å². The zero-order valence-electron chi connectivity index (χ0n) is 21.2. The molecule has 3 aromatic carbocycles. The van der Waals surface area contributed by atoms with Crippen LogP contribution in [0.15, 0.2) is 83.8 Å². The number of aryl methyl sites for hydroxylation is 1. The Balaban J connectivity index is 1.64. The number of rotatable bonds is 6. The number of methoxy groups -OCH3 is 1. The summed E-state index contributed by atoms with van der Waals surface area (Å²) < 4.78 is 40.0. The van der Waals surface area contributed by atoms with Crippen LogP contribution >= 0.6 is 0 Å². The Kier molecular flexibility index (Phi) is 6.94. The quantitative estimate of drug-likeness (QED) is 0.325. The van der Waals surface area contributed by atoms with Gasteiger partial charge in [0.2, 0.25) is 0 Å². The van der Waals surface area contributed by atoms with Crippen molar-refractivity contribution in [3.8, 4) is 0 Å². The second kappa shape index (κ2) is 10.3. The van der Waals surface area contributed by atoms with Crippen molar-refractivity contribution in [2.75, 3.05) is 13.7 Å². The lowest BCUT2D eigenvalue weighted by molar-refractivity contribution is -0.142. The van der Waals surface area contributed by atoms with Crippen LogP contribution in [0.4, 0.5) is 4.79 Å². The Hall–Kier alpha value is -4.11. The fourth-order valence-corrected chi connectivity index (χ4v) is 6.57. The lowest BCUT2D eigenvalue weighted by Gasteiger charge is -2.35. The van der Waals surface area contributed by atoms with Crippen molar-refractivity contribution in [2.45, 2.75) is 37.3 Å². The molecule has 9 heteroatoms. The first-order chi connectivity index (χ1) is 18.3. The van der Waals surface area contributed by atoms with Crippen LogP contribution in [0.3, 0.4) is 0 Å². The molecule has 196 valence electrons. The number of ether oxygens (including phenoxy) is 2. The highest BCUT2D eigenvalue weighted by molar-refractivity contribution is 7.90. The average Bonchev–Trinajstić information content (AvgIpc) is 3.28. The highest BCUT2D eigenvalue weighted by Gasteiger charge is 2.40. The second-order valence-electron chi connectivity index (χ2n) is 9.24. The predicted octanol–water partition coefficient (Wildman–Crippen LogP) is 4.99. The summed E-state index contributed by atoms with van der Waals surface area (Å²) >= 11 is 0. The fraction of sp³-hybridized carbons (Fsp3) is 0.241. The van der Waals surface area contributed by atoms with Crippen molar-refractivity contribution in [1.29, 1.82) is 0 Å². The highest BCUT2D eigenvalue weighted by Crippen LogP contribution is 2.41. The van der Waals surface area contributed by atoms with Gasteiger partial charge in [-0.1, -0.05) is 66.2 Å². The summed E-state index contributed by atoms with van der Waals surface area (Å²) in [6.45, 7) is 2.20. The average molecular weight is 533 g/mol. The van der Waals surface area contributed by atoms with Crippen molar-refractivity contribution in [2.24, 2.45) is 0 Å². The summed E-state index contributed by atoms with van der Waals surface area (Å²) in [5.74, 6) is -0.562. The molecule has 38 heavy (non-hydrogen) atoms. The summed E-state index contributed by atoms with van der Waals surface area (Å²) in [6.07, 6.45) is -0.438. The molecule has 1 aliphatic rings. The van der Waals surface area contributed by atoms with Gasteiger partial charge in [0.1, 0.15) is 6.61 Å². The molecule has 0 saturated heterocycles. The minimum Gasteiger partial charge on any atom is -0.469 e. The van der Waals surface area contributed by atoms with E-state index in [0.29, 0.717) is 17.6 Å². The van der Waals surface area contributed by atoms with Gasteiger partial charge in [-0.25, -0.2) is 17.2 Å². The summed E-state index contributed by atoms with van der Waals surface area (Å²) in [5.41, 5.74) is 3.41. The number of esters is 1. The number of aromatic nitrogens is 1. The zero-order chi connectivity index (χ0) is 26.9. The summed E-state index contributed by atoms with van der Waals surface area (Å²) in [5, 5.41) is 0.769. The molecule has 0 radical (unpaired) electrons. The van der Waals surface area contributed by atoms with Crippen LogP contribution in [-0.2, 0) is 37.3 Å². The lowest BCUT2D eigenvalue weighted by Crippen LogP contribution is -2.42. The van der Waals surface area contributed by atoms with E-state index in [2.05, 4.69) is 0 Å². The van der Waals surface area contributed by atoms with Crippen LogP contribution in [0.25, 0.3) is 10.9 Å². The third kappa shape index (κ3) is 4.65. The van der Waals surface area contributed by atoms with Gasteiger partial charge in [0.05, 0.1) is 35.7 Å². The molecule has 0 spiro atoms. The summed E-state index contributed by atoms with van der Waals surface area (Å²) in [6, 6.07) is 22.2. The van der Waals surface area contributed by atoms with Crippen molar-refractivity contribution < 1.29 is 27.5 Å². The summed E-state index contributed by atoms with van der Waals surface area (Å²) in [4.78, 5) is 27.4. The molecular weight excluding hydrogens is 504 g/mol. The molecule has 5 rings (SSSR count). The van der Waals surface area contributed by atoms with Crippen LogP contribution in [0.1, 0.15) is 34.8 Å². The number of carbonyl (C=O) groups is 2. The number of nitrogens with zero attached hydrogens (tertiary/aromatic N) is 2. The summed E-state index contributed by atoms with van der Waals surface area (Å²) in [7, 11) is -2.81. The standard InChI is InChI=1S/C29H28N2O6S/c1-20-12-14-22(15-13-20)38(34,35)31-25-11-7-6-10-23(25)24-16-17-30(26(28(24)31)18-27(32)36-2)29(33)37-19-21-8-4-3-5-9-21/h3-15,26H,16-19H2,1-2H3/t26-/m0/s1. The van der Waals surface area contributed by atoms with Gasteiger partial charge < -0.3 is 9.47 Å². The Morgan fingerprint density at radius 1 is 0.947 bits per heavy atom. The first-order valence-corrected chi connectivity index (χ1v) is 13.7. The lowest BCUT2D eigenvalue weighted by atomic mass is 9.95. The highest BCUT2D eigenvalue weighted by atomic mass is 32.2. The molecule has 0 bridgehead atoms. The molecule has 0 aliphatic carbocycles. The molecular formula is C29H28N2O6S. The maximum atomic E-state index is 14.1. The zero-order valence-corrected chi connectivity index (χ0v) is 22.0. The molecule has 1 aliphatic heterocycles. The smallest absolute Gasteiger partial charge is 0.410 e. The normalized spacial score (nSPS) is 15.2. The molecule has 0 fully saturated rings. The van der Waals surface area contributed by atoms with E-state index in [-0.39, 0.29) is 24.5 Å². The van der Waals surface area contributed by atoms with Gasteiger partial charge in [0, 0.05) is 11.9 Å². The molecule has 0 N–H and O–H groups in total. The van der Waals surface area contributed by atoms with Gasteiger partial charge >= 0.3 is 12.1 Å². The van der Waals surface area contributed by atoms with E-state index in [4.69, 9.17) is 9.47 Å². The number of benzene rings is 3. The van der Waals surface area contributed by atoms with E-state index in [1.54, 1.807) is 36.4 Å². The Bertz CT molecular complexity index is 1590. The van der Waals surface area contributed by atoms with Crippen molar-refractivity contribution >= 4 is 33.0 Å². The molecule has 8 nitrogen and oxygen atoms in total. The van der Waals surface area contributed by atoms with Gasteiger partial charge in [-0.05, 0) is 42.7 Å². The number of carbonyl (C=O) groups excluding carboxylic acids is 2. The van der Waals surface area contributed by atoms with E-state index in [1.807, 2.05) is 49.4 Å². The Morgan fingerprint density at radius 2 is 1.63 bits per heavy atom. The Morgan fingerprint density at radius 3 is 2.34 bits per heavy atom. The fourth-order valence-electron chi connectivity index (χ4n) is 4.97. The number of fused-ring (bicyclic) bond motifs is 3. The van der Waals surface area contributed by atoms with Crippen molar-refractivity contribution in [3.05, 3.63) is 101 Å². The molecule has 1 aromatic heterocycles. The largest absolute Gasteiger partial charge is 0.469 e. The monoisotopic (exact) mass is 532 g/mol. The topological polar surface area (TPSA) is 94.9 Å². The molecule has 0 unspecified atom stereocenters. The van der Waals surface area contributed by atoms with Gasteiger partial charge in [-0.3, -0.25) is 9.69 Å². The van der Waals surface area contributed by atoms with Crippen molar-refractivity contribution in [3.63, 3.8) is 0 Å². The number of hydrogen-bond donors (Lipinski definition) is 0. The minimum absolute atomic E-state index is 0.0542. The predicted molar refractivity (Wildman–Crippen MR) is 142 cm³/mol. The maximum Gasteiger partial charge on any atom is 0.410 e. The van der Waals surface area contributed by atoms with E-state index < -0.39 is 28.1 Å². The first-order valence-electron chi connectivity index (χ1n) is 12.3. The third-order valence-electron chi connectivity index (χ3n) is 6.86. The Labute approximate surface area is 221 Å². The van der Waals surface area contributed by atoms with E-state index in [1.165, 1.54) is 16.0 Å². The van der Waals surface area contributed by atoms with Crippen molar-refractivity contribution in [1.82, 2.24) is 8.87 Å². The van der Waals surface area contributed by atoms with Gasteiger partial charge in [-0.2, -0.15) is 0 Å². The van der Waals surface area contributed by atoms with E-state index >= 15 is 0 Å². The van der Waals surface area contributed by atoms with Crippen LogP contribution in [-0.4, -0.2) is 43.0 Å². The number of para-hydroxylation sites is 1.